The fourth-order valence-corrected chi connectivity index (χ4v) is 2.84. The third-order valence-electron chi connectivity index (χ3n) is 4.64. The van der Waals surface area contributed by atoms with Crippen molar-refractivity contribution >= 4 is 5.91 Å². The minimum absolute atomic E-state index is 0.151. The number of carbonyl (C=O) groups is 1. The molecule has 30 heavy (non-hydrogen) atoms. The third-order valence-corrected chi connectivity index (χ3v) is 4.64. The van der Waals surface area contributed by atoms with Gasteiger partial charge in [-0.15, -0.1) is 0 Å². The van der Waals surface area contributed by atoms with Crippen molar-refractivity contribution in [3.05, 3.63) is 95.6 Å². The molecule has 1 amide bonds. The van der Waals surface area contributed by atoms with Crippen LogP contribution >= 0.6 is 0 Å². The van der Waals surface area contributed by atoms with Crippen molar-refractivity contribution in [1.29, 1.82) is 0 Å². The molecule has 0 saturated heterocycles. The Morgan fingerprint density at radius 1 is 0.833 bits per heavy atom. The molecule has 0 bridgehead atoms. The predicted molar refractivity (Wildman–Crippen MR) is 116 cm³/mol. The molecule has 0 radical (unpaired) electrons. The second kappa shape index (κ2) is 11.0. The van der Waals surface area contributed by atoms with Crippen LogP contribution in [-0.4, -0.2) is 19.1 Å². The van der Waals surface area contributed by atoms with Gasteiger partial charge in [0.2, 0.25) is 5.91 Å². The first kappa shape index (κ1) is 21.4. The van der Waals surface area contributed by atoms with Crippen molar-refractivity contribution in [3.8, 4) is 11.5 Å². The van der Waals surface area contributed by atoms with Gasteiger partial charge in [0.1, 0.15) is 24.2 Å². The highest BCUT2D eigenvalue weighted by atomic mass is 16.5. The van der Waals surface area contributed by atoms with Gasteiger partial charge in [-0.1, -0.05) is 54.6 Å². The summed E-state index contributed by atoms with van der Waals surface area (Å²) in [4.78, 5) is 12.3. The van der Waals surface area contributed by atoms with Crippen LogP contribution in [0.4, 0.5) is 0 Å². The maximum absolute atomic E-state index is 12.3. The molecular formula is C25H27NO4. The van der Waals surface area contributed by atoms with E-state index in [1.165, 1.54) is 0 Å². The maximum Gasteiger partial charge on any atom is 0.249 e. The molecule has 1 unspecified atom stereocenters. The lowest BCUT2D eigenvalue weighted by atomic mass is 10.2. The van der Waals surface area contributed by atoms with Gasteiger partial charge >= 0.3 is 0 Å². The second-order valence-electron chi connectivity index (χ2n) is 6.94. The SMILES string of the molecule is COc1cccc(COC(C)C(=O)NCc2ccc(OCc3ccccc3)cc2)c1. The molecule has 0 heterocycles. The van der Waals surface area contributed by atoms with E-state index in [4.69, 9.17) is 14.2 Å². The van der Waals surface area contributed by atoms with E-state index in [2.05, 4.69) is 5.32 Å². The standard InChI is InChI=1S/C25H27NO4/c1-19(29-18-22-9-6-10-24(15-22)28-2)25(27)26-16-20-11-13-23(14-12-20)30-17-21-7-4-3-5-8-21/h3-15,19H,16-18H2,1-2H3,(H,26,27). The van der Waals surface area contributed by atoms with Crippen molar-refractivity contribution in [2.45, 2.75) is 32.8 Å². The molecule has 5 heteroatoms. The lowest BCUT2D eigenvalue weighted by molar-refractivity contribution is -0.132. The summed E-state index contributed by atoms with van der Waals surface area (Å²) in [5.74, 6) is 1.41. The lowest BCUT2D eigenvalue weighted by Crippen LogP contribution is -2.34. The monoisotopic (exact) mass is 405 g/mol. The Labute approximate surface area is 177 Å². The largest absolute Gasteiger partial charge is 0.497 e. The summed E-state index contributed by atoms with van der Waals surface area (Å²) in [7, 11) is 1.62. The normalized spacial score (nSPS) is 11.5. The Balaban J connectivity index is 1.41. The fourth-order valence-electron chi connectivity index (χ4n) is 2.84. The molecule has 3 rings (SSSR count). The Bertz CT molecular complexity index is 925. The van der Waals surface area contributed by atoms with Crippen LogP contribution in [0, 0.1) is 0 Å². The number of hydrogen-bond donors (Lipinski definition) is 1. The van der Waals surface area contributed by atoms with Gasteiger partial charge in [0, 0.05) is 6.54 Å². The average Bonchev–Trinajstić information content (AvgIpc) is 2.81. The van der Waals surface area contributed by atoms with E-state index in [0.29, 0.717) is 19.8 Å². The minimum Gasteiger partial charge on any atom is -0.497 e. The van der Waals surface area contributed by atoms with Gasteiger partial charge in [-0.2, -0.15) is 0 Å². The Kier molecular flexibility index (Phi) is 7.86. The molecule has 0 aromatic heterocycles. The van der Waals surface area contributed by atoms with Crippen LogP contribution in [0.5, 0.6) is 11.5 Å². The molecule has 5 nitrogen and oxygen atoms in total. The number of nitrogens with one attached hydrogen (secondary N) is 1. The summed E-state index contributed by atoms with van der Waals surface area (Å²) >= 11 is 0. The number of ether oxygens (including phenoxy) is 3. The highest BCUT2D eigenvalue weighted by molar-refractivity contribution is 5.80. The Hall–Kier alpha value is -3.31. The van der Waals surface area contributed by atoms with Gasteiger partial charge in [0.05, 0.1) is 13.7 Å². The molecule has 0 aliphatic heterocycles. The summed E-state index contributed by atoms with van der Waals surface area (Å²) in [5.41, 5.74) is 3.08. The Morgan fingerprint density at radius 3 is 2.30 bits per heavy atom. The number of amides is 1. The highest BCUT2D eigenvalue weighted by Crippen LogP contribution is 2.15. The van der Waals surface area contributed by atoms with Crippen LogP contribution < -0.4 is 14.8 Å². The summed E-state index contributed by atoms with van der Waals surface area (Å²) in [5, 5.41) is 2.91. The number of hydrogen-bond acceptors (Lipinski definition) is 4. The van der Waals surface area contributed by atoms with Crippen LogP contribution in [0.3, 0.4) is 0 Å². The molecule has 0 spiro atoms. The second-order valence-corrected chi connectivity index (χ2v) is 6.94. The first-order chi connectivity index (χ1) is 14.6. The van der Waals surface area contributed by atoms with E-state index in [1.54, 1.807) is 14.0 Å². The van der Waals surface area contributed by atoms with Crippen molar-refractivity contribution in [2.24, 2.45) is 0 Å². The number of benzene rings is 3. The molecule has 156 valence electrons. The van der Waals surface area contributed by atoms with Crippen LogP contribution in [0.15, 0.2) is 78.9 Å². The molecule has 3 aromatic carbocycles. The zero-order valence-corrected chi connectivity index (χ0v) is 17.3. The summed E-state index contributed by atoms with van der Waals surface area (Å²) in [6, 6.07) is 25.3. The molecule has 3 aromatic rings. The van der Waals surface area contributed by atoms with Crippen molar-refractivity contribution in [1.82, 2.24) is 5.32 Å². The predicted octanol–water partition coefficient (Wildman–Crippen LogP) is 4.50. The van der Waals surface area contributed by atoms with E-state index in [-0.39, 0.29) is 5.91 Å². The molecule has 1 atom stereocenters. The van der Waals surface area contributed by atoms with E-state index in [0.717, 1.165) is 28.2 Å². The molecule has 0 aliphatic rings. The van der Waals surface area contributed by atoms with Gasteiger partial charge in [-0.25, -0.2) is 0 Å². The van der Waals surface area contributed by atoms with Crippen LogP contribution in [0.25, 0.3) is 0 Å². The highest BCUT2D eigenvalue weighted by Gasteiger charge is 2.13. The van der Waals surface area contributed by atoms with Gasteiger partial charge in [0.15, 0.2) is 0 Å². The van der Waals surface area contributed by atoms with Crippen molar-refractivity contribution < 1.29 is 19.0 Å². The van der Waals surface area contributed by atoms with E-state index in [9.17, 15) is 4.79 Å². The van der Waals surface area contributed by atoms with Crippen molar-refractivity contribution in [2.75, 3.05) is 7.11 Å². The molecule has 0 saturated carbocycles. The fraction of sp³-hybridized carbons (Fsp3) is 0.240. The lowest BCUT2D eigenvalue weighted by Gasteiger charge is -2.14. The molecule has 0 aliphatic carbocycles. The zero-order valence-electron chi connectivity index (χ0n) is 17.3. The quantitative estimate of drug-likeness (QED) is 0.540. The molecule has 0 fully saturated rings. The Morgan fingerprint density at radius 2 is 1.57 bits per heavy atom. The van der Waals surface area contributed by atoms with E-state index >= 15 is 0 Å². The van der Waals surface area contributed by atoms with Crippen LogP contribution in [0.2, 0.25) is 0 Å². The van der Waals surface area contributed by atoms with Gasteiger partial charge in [-0.05, 0) is 47.9 Å². The first-order valence-electron chi connectivity index (χ1n) is 9.92. The first-order valence-corrected chi connectivity index (χ1v) is 9.92. The topological polar surface area (TPSA) is 56.8 Å². The maximum atomic E-state index is 12.3. The number of rotatable bonds is 10. The van der Waals surface area contributed by atoms with Gasteiger partial charge in [-0.3, -0.25) is 4.79 Å². The van der Waals surface area contributed by atoms with Gasteiger partial charge < -0.3 is 19.5 Å². The summed E-state index contributed by atoms with van der Waals surface area (Å²) < 4.78 is 16.7. The van der Waals surface area contributed by atoms with Crippen LogP contribution in [0.1, 0.15) is 23.6 Å². The van der Waals surface area contributed by atoms with Gasteiger partial charge in [0.25, 0.3) is 0 Å². The smallest absolute Gasteiger partial charge is 0.249 e. The average molecular weight is 405 g/mol. The summed E-state index contributed by atoms with van der Waals surface area (Å²) in [6.45, 7) is 3.05. The van der Waals surface area contributed by atoms with E-state index < -0.39 is 6.10 Å². The third kappa shape index (κ3) is 6.64. The van der Waals surface area contributed by atoms with Crippen LogP contribution in [-0.2, 0) is 29.3 Å². The van der Waals surface area contributed by atoms with Crippen molar-refractivity contribution in [3.63, 3.8) is 0 Å². The molecule has 1 N–H and O–H groups in total. The number of methoxy groups -OCH3 is 1. The number of carbonyl (C=O) groups excluding carboxylic acids is 1. The zero-order chi connectivity index (χ0) is 21.2. The molecular weight excluding hydrogens is 378 g/mol. The van der Waals surface area contributed by atoms with E-state index in [1.807, 2.05) is 78.9 Å². The summed E-state index contributed by atoms with van der Waals surface area (Å²) in [6.07, 6.45) is -0.551. The minimum atomic E-state index is -0.551.